The first-order valence-electron chi connectivity index (χ1n) is 4.40. The molecule has 0 fully saturated rings. The van der Waals surface area contributed by atoms with E-state index in [2.05, 4.69) is 0 Å². The summed E-state index contributed by atoms with van der Waals surface area (Å²) in [6.07, 6.45) is -0.422. The third-order valence-corrected chi connectivity index (χ3v) is 2.05. The predicted molar refractivity (Wildman–Crippen MR) is 47.8 cm³/mol. The third-order valence-electron chi connectivity index (χ3n) is 2.05. The fourth-order valence-electron chi connectivity index (χ4n) is 1.04. The SMILES string of the molecule is CCC(O)C(O)CC(C)(C)CO. The molecule has 3 heteroatoms. The Morgan fingerprint density at radius 2 is 1.67 bits per heavy atom. The van der Waals surface area contributed by atoms with Gasteiger partial charge in [0.25, 0.3) is 0 Å². The zero-order chi connectivity index (χ0) is 9.78. The van der Waals surface area contributed by atoms with E-state index >= 15 is 0 Å². The number of rotatable bonds is 5. The molecule has 0 saturated carbocycles. The van der Waals surface area contributed by atoms with Crippen LogP contribution >= 0.6 is 0 Å². The Morgan fingerprint density at radius 3 is 2.00 bits per heavy atom. The molecule has 0 saturated heterocycles. The minimum atomic E-state index is -0.725. The number of aliphatic hydroxyl groups excluding tert-OH is 3. The lowest BCUT2D eigenvalue weighted by Gasteiger charge is -2.27. The summed E-state index contributed by atoms with van der Waals surface area (Å²) >= 11 is 0. The fourth-order valence-corrected chi connectivity index (χ4v) is 1.04. The van der Waals surface area contributed by atoms with Gasteiger partial charge in [-0.3, -0.25) is 0 Å². The first-order valence-corrected chi connectivity index (χ1v) is 4.40. The van der Waals surface area contributed by atoms with Gasteiger partial charge in [-0.1, -0.05) is 20.8 Å². The molecule has 0 amide bonds. The van der Waals surface area contributed by atoms with E-state index in [-0.39, 0.29) is 12.0 Å². The van der Waals surface area contributed by atoms with E-state index in [1.807, 2.05) is 20.8 Å². The van der Waals surface area contributed by atoms with Gasteiger partial charge in [0.2, 0.25) is 0 Å². The van der Waals surface area contributed by atoms with Crippen LogP contribution in [0.5, 0.6) is 0 Å². The first kappa shape index (κ1) is 11.9. The fraction of sp³-hybridized carbons (Fsp3) is 1.00. The van der Waals surface area contributed by atoms with E-state index in [1.54, 1.807) is 0 Å². The Hall–Kier alpha value is -0.120. The van der Waals surface area contributed by atoms with Crippen LogP contribution in [0.15, 0.2) is 0 Å². The zero-order valence-corrected chi connectivity index (χ0v) is 8.12. The second-order valence-corrected chi connectivity index (χ2v) is 4.07. The number of hydrogen-bond donors (Lipinski definition) is 3. The standard InChI is InChI=1S/C9H20O3/c1-4-7(11)8(12)5-9(2,3)6-10/h7-8,10-12H,4-6H2,1-3H3. The Kier molecular flexibility index (Phi) is 4.75. The van der Waals surface area contributed by atoms with Crippen molar-refractivity contribution in [1.29, 1.82) is 0 Å². The smallest absolute Gasteiger partial charge is 0.0804 e. The van der Waals surface area contributed by atoms with Crippen LogP contribution in [0, 0.1) is 5.41 Å². The zero-order valence-electron chi connectivity index (χ0n) is 8.12. The van der Waals surface area contributed by atoms with E-state index in [0.717, 1.165) is 0 Å². The monoisotopic (exact) mass is 176 g/mol. The van der Waals surface area contributed by atoms with Crippen molar-refractivity contribution in [3.8, 4) is 0 Å². The molecule has 2 atom stereocenters. The van der Waals surface area contributed by atoms with Gasteiger partial charge in [0.1, 0.15) is 0 Å². The lowest BCUT2D eigenvalue weighted by atomic mass is 9.86. The maximum absolute atomic E-state index is 9.42. The van der Waals surface area contributed by atoms with Gasteiger partial charge >= 0.3 is 0 Å². The molecular weight excluding hydrogens is 156 g/mol. The largest absolute Gasteiger partial charge is 0.396 e. The second-order valence-electron chi connectivity index (χ2n) is 4.07. The predicted octanol–water partition coefficient (Wildman–Crippen LogP) is 0.527. The maximum atomic E-state index is 9.42. The molecule has 0 aliphatic heterocycles. The molecule has 0 aromatic carbocycles. The van der Waals surface area contributed by atoms with Gasteiger partial charge in [-0.05, 0) is 18.3 Å². The molecular formula is C9H20O3. The van der Waals surface area contributed by atoms with Crippen molar-refractivity contribution in [3.05, 3.63) is 0 Å². The minimum absolute atomic E-state index is 0.0283. The van der Waals surface area contributed by atoms with Gasteiger partial charge in [-0.25, -0.2) is 0 Å². The summed E-state index contributed by atoms with van der Waals surface area (Å²) in [5.74, 6) is 0. The van der Waals surface area contributed by atoms with Crippen LogP contribution in [0.1, 0.15) is 33.6 Å². The molecule has 12 heavy (non-hydrogen) atoms. The highest BCUT2D eigenvalue weighted by Gasteiger charge is 2.24. The van der Waals surface area contributed by atoms with Gasteiger partial charge in [-0.15, -0.1) is 0 Å². The van der Waals surface area contributed by atoms with Crippen molar-refractivity contribution in [2.24, 2.45) is 5.41 Å². The van der Waals surface area contributed by atoms with Gasteiger partial charge in [0.05, 0.1) is 12.2 Å². The van der Waals surface area contributed by atoms with Gasteiger partial charge in [0, 0.05) is 6.61 Å². The highest BCUT2D eigenvalue weighted by Crippen LogP contribution is 2.23. The van der Waals surface area contributed by atoms with Crippen molar-refractivity contribution in [3.63, 3.8) is 0 Å². The summed E-state index contributed by atoms with van der Waals surface area (Å²) in [5.41, 5.74) is -0.310. The molecule has 0 aromatic heterocycles. The molecule has 0 rings (SSSR count). The summed E-state index contributed by atoms with van der Waals surface area (Å²) in [7, 11) is 0. The summed E-state index contributed by atoms with van der Waals surface area (Å²) in [6.45, 7) is 5.57. The van der Waals surface area contributed by atoms with Crippen LogP contribution in [-0.2, 0) is 0 Å². The number of hydrogen-bond acceptors (Lipinski definition) is 3. The second kappa shape index (κ2) is 4.80. The number of aliphatic hydroxyl groups is 3. The van der Waals surface area contributed by atoms with Crippen molar-refractivity contribution in [1.82, 2.24) is 0 Å². The molecule has 2 unspecified atom stereocenters. The highest BCUT2D eigenvalue weighted by molar-refractivity contribution is 4.75. The molecule has 0 spiro atoms. The lowest BCUT2D eigenvalue weighted by Crippen LogP contribution is -2.32. The van der Waals surface area contributed by atoms with Crippen LogP contribution in [-0.4, -0.2) is 34.1 Å². The summed E-state index contributed by atoms with van der Waals surface area (Å²) in [5, 5.41) is 27.6. The summed E-state index contributed by atoms with van der Waals surface area (Å²) in [6, 6.07) is 0. The lowest BCUT2D eigenvalue weighted by molar-refractivity contribution is -0.0177. The van der Waals surface area contributed by atoms with Crippen molar-refractivity contribution >= 4 is 0 Å². The normalized spacial score (nSPS) is 17.5. The van der Waals surface area contributed by atoms with E-state index in [4.69, 9.17) is 5.11 Å². The molecule has 0 aliphatic carbocycles. The third kappa shape index (κ3) is 4.04. The van der Waals surface area contributed by atoms with Crippen LogP contribution in [0.4, 0.5) is 0 Å². The van der Waals surface area contributed by atoms with Crippen LogP contribution in [0.2, 0.25) is 0 Å². The van der Waals surface area contributed by atoms with Gasteiger partial charge in [0.15, 0.2) is 0 Å². The van der Waals surface area contributed by atoms with Crippen LogP contribution in [0.3, 0.4) is 0 Å². The summed E-state index contributed by atoms with van der Waals surface area (Å²) < 4.78 is 0. The minimum Gasteiger partial charge on any atom is -0.396 e. The Morgan fingerprint density at radius 1 is 1.17 bits per heavy atom. The average Bonchev–Trinajstić information content (AvgIpc) is 2.02. The van der Waals surface area contributed by atoms with Crippen LogP contribution in [0.25, 0.3) is 0 Å². The topological polar surface area (TPSA) is 60.7 Å². The quantitative estimate of drug-likeness (QED) is 0.572. The van der Waals surface area contributed by atoms with Gasteiger partial charge in [-0.2, -0.15) is 0 Å². The molecule has 0 aliphatic rings. The maximum Gasteiger partial charge on any atom is 0.0804 e. The van der Waals surface area contributed by atoms with Crippen molar-refractivity contribution < 1.29 is 15.3 Å². The summed E-state index contributed by atoms with van der Waals surface area (Å²) in [4.78, 5) is 0. The van der Waals surface area contributed by atoms with E-state index in [0.29, 0.717) is 12.8 Å². The van der Waals surface area contributed by atoms with Crippen molar-refractivity contribution in [2.75, 3.05) is 6.61 Å². The van der Waals surface area contributed by atoms with E-state index < -0.39 is 12.2 Å². The highest BCUT2D eigenvalue weighted by atomic mass is 16.3. The van der Waals surface area contributed by atoms with E-state index in [1.165, 1.54) is 0 Å². The molecule has 0 aromatic rings. The van der Waals surface area contributed by atoms with E-state index in [9.17, 15) is 10.2 Å². The van der Waals surface area contributed by atoms with Crippen LogP contribution < -0.4 is 0 Å². The molecule has 74 valence electrons. The Balaban J connectivity index is 3.90. The Labute approximate surface area is 74.0 Å². The molecule has 0 radical (unpaired) electrons. The first-order chi connectivity index (χ1) is 5.43. The molecule has 0 bridgehead atoms. The van der Waals surface area contributed by atoms with Gasteiger partial charge < -0.3 is 15.3 Å². The molecule has 0 heterocycles. The Bertz CT molecular complexity index is 123. The average molecular weight is 176 g/mol. The van der Waals surface area contributed by atoms with Crippen molar-refractivity contribution in [2.45, 2.75) is 45.8 Å². The molecule has 3 N–H and O–H groups in total. The molecule has 3 nitrogen and oxygen atoms in total.